The SMILES string of the molecule is C#CCN1CCOC(c2cccc(C(F)(F)F)c2)C1. The highest BCUT2D eigenvalue weighted by atomic mass is 19.4. The number of hydrogen-bond donors (Lipinski definition) is 0. The van der Waals surface area contributed by atoms with Crippen molar-refractivity contribution in [1.82, 2.24) is 4.90 Å². The van der Waals surface area contributed by atoms with Crippen molar-refractivity contribution >= 4 is 0 Å². The smallest absolute Gasteiger partial charge is 0.371 e. The Kier molecular flexibility index (Phi) is 4.13. The monoisotopic (exact) mass is 269 g/mol. The van der Waals surface area contributed by atoms with E-state index in [1.54, 1.807) is 6.07 Å². The predicted molar refractivity (Wildman–Crippen MR) is 65.4 cm³/mol. The van der Waals surface area contributed by atoms with Crippen LogP contribution in [0.4, 0.5) is 13.2 Å². The zero-order valence-corrected chi connectivity index (χ0v) is 10.3. The van der Waals surface area contributed by atoms with Crippen molar-refractivity contribution in [2.24, 2.45) is 0 Å². The summed E-state index contributed by atoms with van der Waals surface area (Å²) in [6.45, 7) is 2.19. The number of benzene rings is 1. The van der Waals surface area contributed by atoms with Crippen LogP contribution in [0, 0.1) is 12.3 Å². The van der Waals surface area contributed by atoms with Gasteiger partial charge < -0.3 is 4.74 Å². The van der Waals surface area contributed by atoms with Crippen LogP contribution in [0.5, 0.6) is 0 Å². The minimum Gasteiger partial charge on any atom is -0.371 e. The molecule has 0 spiro atoms. The number of ether oxygens (including phenoxy) is 1. The van der Waals surface area contributed by atoms with E-state index in [2.05, 4.69) is 5.92 Å². The Hall–Kier alpha value is -1.51. The van der Waals surface area contributed by atoms with Crippen LogP contribution in [0.2, 0.25) is 0 Å². The van der Waals surface area contributed by atoms with Gasteiger partial charge in [0.05, 0.1) is 24.8 Å². The summed E-state index contributed by atoms with van der Waals surface area (Å²) in [6, 6.07) is 5.26. The van der Waals surface area contributed by atoms with Gasteiger partial charge in [-0.1, -0.05) is 18.1 Å². The molecule has 0 amide bonds. The minimum absolute atomic E-state index is 0.357. The van der Waals surface area contributed by atoms with E-state index in [4.69, 9.17) is 11.2 Å². The van der Waals surface area contributed by atoms with Gasteiger partial charge in [-0.25, -0.2) is 0 Å². The standard InChI is InChI=1S/C14H14F3NO/c1-2-6-18-7-8-19-13(10-18)11-4-3-5-12(9-11)14(15,16)17/h1,3-5,9,13H,6-8,10H2. The van der Waals surface area contributed by atoms with Crippen molar-refractivity contribution in [2.45, 2.75) is 12.3 Å². The number of morpholine rings is 1. The maximum atomic E-state index is 12.7. The Balaban J connectivity index is 2.15. The van der Waals surface area contributed by atoms with E-state index in [9.17, 15) is 13.2 Å². The van der Waals surface area contributed by atoms with Gasteiger partial charge in [-0.15, -0.1) is 6.42 Å². The summed E-state index contributed by atoms with van der Waals surface area (Å²) < 4.78 is 43.5. The molecule has 2 rings (SSSR count). The molecule has 0 saturated carbocycles. The van der Waals surface area contributed by atoms with E-state index in [0.717, 1.165) is 12.1 Å². The van der Waals surface area contributed by atoms with Gasteiger partial charge in [-0.3, -0.25) is 4.90 Å². The highest BCUT2D eigenvalue weighted by molar-refractivity contribution is 5.27. The van der Waals surface area contributed by atoms with Crippen molar-refractivity contribution < 1.29 is 17.9 Å². The number of hydrogen-bond acceptors (Lipinski definition) is 2. The summed E-state index contributed by atoms with van der Waals surface area (Å²) in [6.07, 6.45) is 0.556. The maximum absolute atomic E-state index is 12.7. The van der Waals surface area contributed by atoms with Crippen LogP contribution in [0.15, 0.2) is 24.3 Å². The first-order valence-corrected chi connectivity index (χ1v) is 5.95. The van der Waals surface area contributed by atoms with Crippen molar-refractivity contribution in [3.05, 3.63) is 35.4 Å². The first-order valence-electron chi connectivity index (χ1n) is 5.95. The Morgan fingerprint density at radius 1 is 1.42 bits per heavy atom. The molecule has 0 radical (unpaired) electrons. The Labute approximate surface area is 110 Å². The second-order valence-electron chi connectivity index (χ2n) is 4.42. The maximum Gasteiger partial charge on any atom is 0.416 e. The molecule has 1 aliphatic heterocycles. The molecule has 0 N–H and O–H groups in total. The third-order valence-corrected chi connectivity index (χ3v) is 3.05. The fraction of sp³-hybridized carbons (Fsp3) is 0.429. The average molecular weight is 269 g/mol. The molecule has 2 nitrogen and oxygen atoms in total. The fourth-order valence-electron chi connectivity index (χ4n) is 2.09. The van der Waals surface area contributed by atoms with E-state index < -0.39 is 11.7 Å². The van der Waals surface area contributed by atoms with E-state index in [1.165, 1.54) is 6.07 Å². The third kappa shape index (κ3) is 3.49. The van der Waals surface area contributed by atoms with Crippen LogP contribution >= 0.6 is 0 Å². The lowest BCUT2D eigenvalue weighted by atomic mass is 10.0. The summed E-state index contributed by atoms with van der Waals surface area (Å²) >= 11 is 0. The first kappa shape index (κ1) is 13.9. The molecule has 1 aliphatic rings. The van der Waals surface area contributed by atoms with Gasteiger partial charge in [0.15, 0.2) is 0 Å². The Morgan fingerprint density at radius 3 is 2.89 bits per heavy atom. The van der Waals surface area contributed by atoms with Crippen LogP contribution in [0.25, 0.3) is 0 Å². The third-order valence-electron chi connectivity index (χ3n) is 3.05. The van der Waals surface area contributed by atoms with Gasteiger partial charge in [0.25, 0.3) is 0 Å². The van der Waals surface area contributed by atoms with Crippen LogP contribution in [-0.2, 0) is 10.9 Å². The van der Waals surface area contributed by atoms with Crippen molar-refractivity contribution in [1.29, 1.82) is 0 Å². The van der Waals surface area contributed by atoms with Crippen LogP contribution < -0.4 is 0 Å². The minimum atomic E-state index is -4.33. The van der Waals surface area contributed by atoms with Gasteiger partial charge in [0.2, 0.25) is 0 Å². The lowest BCUT2D eigenvalue weighted by molar-refractivity contribution is -0.137. The molecular formula is C14H14F3NO. The van der Waals surface area contributed by atoms with Crippen LogP contribution in [0.3, 0.4) is 0 Å². The molecule has 1 fully saturated rings. The van der Waals surface area contributed by atoms with E-state index in [0.29, 0.717) is 31.8 Å². The average Bonchev–Trinajstić information content (AvgIpc) is 2.39. The fourth-order valence-corrected chi connectivity index (χ4v) is 2.09. The molecule has 1 aromatic rings. The van der Waals surface area contributed by atoms with Crippen molar-refractivity contribution in [2.75, 3.05) is 26.2 Å². The van der Waals surface area contributed by atoms with Crippen LogP contribution in [0.1, 0.15) is 17.2 Å². The summed E-state index contributed by atoms with van der Waals surface area (Å²) in [5, 5.41) is 0. The number of halogens is 3. The molecule has 19 heavy (non-hydrogen) atoms. The second kappa shape index (κ2) is 5.64. The number of rotatable bonds is 2. The predicted octanol–water partition coefficient (Wildman–Crippen LogP) is 2.71. The first-order chi connectivity index (χ1) is 9.00. The van der Waals surface area contributed by atoms with Gasteiger partial charge in [-0.05, 0) is 17.7 Å². The molecule has 5 heteroatoms. The number of nitrogens with zero attached hydrogens (tertiary/aromatic N) is 1. The lowest BCUT2D eigenvalue weighted by Gasteiger charge is -2.32. The summed E-state index contributed by atoms with van der Waals surface area (Å²) in [5.74, 6) is 2.54. The molecule has 1 saturated heterocycles. The van der Waals surface area contributed by atoms with Crippen molar-refractivity contribution in [3.63, 3.8) is 0 Å². The molecule has 0 aromatic heterocycles. The molecular weight excluding hydrogens is 255 g/mol. The molecule has 102 valence electrons. The Morgan fingerprint density at radius 2 is 2.21 bits per heavy atom. The van der Waals surface area contributed by atoms with E-state index in [1.807, 2.05) is 4.90 Å². The molecule has 1 aromatic carbocycles. The van der Waals surface area contributed by atoms with Crippen molar-refractivity contribution in [3.8, 4) is 12.3 Å². The van der Waals surface area contributed by atoms with E-state index in [-0.39, 0.29) is 6.10 Å². The zero-order chi connectivity index (χ0) is 13.9. The zero-order valence-electron chi connectivity index (χ0n) is 10.3. The molecule has 0 bridgehead atoms. The highest BCUT2D eigenvalue weighted by Crippen LogP contribution is 2.32. The van der Waals surface area contributed by atoms with Gasteiger partial charge >= 0.3 is 6.18 Å². The molecule has 0 aliphatic carbocycles. The van der Waals surface area contributed by atoms with Gasteiger partial charge in [-0.2, -0.15) is 13.2 Å². The normalized spacial score (nSPS) is 21.1. The van der Waals surface area contributed by atoms with Gasteiger partial charge in [0, 0.05) is 13.1 Å². The largest absolute Gasteiger partial charge is 0.416 e. The topological polar surface area (TPSA) is 12.5 Å². The highest BCUT2D eigenvalue weighted by Gasteiger charge is 2.31. The molecule has 1 atom stereocenters. The van der Waals surface area contributed by atoms with Crippen LogP contribution in [-0.4, -0.2) is 31.1 Å². The summed E-state index contributed by atoms with van der Waals surface area (Å²) in [4.78, 5) is 1.99. The Bertz CT molecular complexity index is 478. The summed E-state index contributed by atoms with van der Waals surface area (Å²) in [7, 11) is 0. The molecule has 1 unspecified atom stereocenters. The second-order valence-corrected chi connectivity index (χ2v) is 4.42. The van der Waals surface area contributed by atoms with Gasteiger partial charge in [0.1, 0.15) is 0 Å². The summed E-state index contributed by atoms with van der Waals surface area (Å²) in [5.41, 5.74) is -0.112. The number of alkyl halides is 3. The lowest BCUT2D eigenvalue weighted by Crippen LogP contribution is -2.38. The van der Waals surface area contributed by atoms with E-state index >= 15 is 0 Å². The quantitative estimate of drug-likeness (QED) is 0.765. The molecule has 1 heterocycles. The number of terminal acetylenes is 1.